The van der Waals surface area contributed by atoms with E-state index in [0.29, 0.717) is 12.0 Å². The van der Waals surface area contributed by atoms with E-state index in [1.165, 1.54) is 12.0 Å². The molecular formula is C18H30N2O. The molecule has 0 amide bonds. The van der Waals surface area contributed by atoms with Crippen LogP contribution in [0.2, 0.25) is 0 Å². The molecule has 2 rings (SSSR count). The molecule has 0 bridgehead atoms. The second-order valence-corrected chi connectivity index (χ2v) is 6.56. The van der Waals surface area contributed by atoms with Crippen LogP contribution in [0.4, 0.5) is 0 Å². The fraction of sp³-hybridized carbons (Fsp3) is 0.667. The monoisotopic (exact) mass is 290 g/mol. The highest BCUT2D eigenvalue weighted by atomic mass is 16.5. The predicted molar refractivity (Wildman–Crippen MR) is 88.6 cm³/mol. The van der Waals surface area contributed by atoms with Crippen molar-refractivity contribution < 1.29 is 4.74 Å². The average molecular weight is 290 g/mol. The van der Waals surface area contributed by atoms with Crippen molar-refractivity contribution in [2.75, 3.05) is 19.7 Å². The molecule has 1 aliphatic rings. The maximum Gasteiger partial charge on any atom is 0.119 e. The van der Waals surface area contributed by atoms with Crippen LogP contribution < -0.4 is 10.5 Å². The molecule has 1 aromatic rings. The molecule has 0 aliphatic carbocycles. The lowest BCUT2D eigenvalue weighted by Crippen LogP contribution is -2.47. The molecule has 1 aliphatic heterocycles. The van der Waals surface area contributed by atoms with E-state index >= 15 is 0 Å². The van der Waals surface area contributed by atoms with Gasteiger partial charge in [0.05, 0.1) is 12.6 Å². The first-order chi connectivity index (χ1) is 10.1. The van der Waals surface area contributed by atoms with Gasteiger partial charge in [-0.05, 0) is 49.4 Å². The summed E-state index contributed by atoms with van der Waals surface area (Å²) in [7, 11) is 0. The van der Waals surface area contributed by atoms with Crippen LogP contribution in [-0.2, 0) is 0 Å². The topological polar surface area (TPSA) is 38.5 Å². The number of benzene rings is 1. The van der Waals surface area contributed by atoms with Crippen molar-refractivity contribution in [3.63, 3.8) is 0 Å². The highest BCUT2D eigenvalue weighted by Gasteiger charge is 2.30. The molecule has 1 saturated heterocycles. The van der Waals surface area contributed by atoms with Crippen molar-refractivity contribution in [2.24, 2.45) is 11.7 Å². The molecule has 3 nitrogen and oxygen atoms in total. The molecule has 1 aromatic carbocycles. The molecule has 3 heteroatoms. The van der Waals surface area contributed by atoms with E-state index < -0.39 is 0 Å². The molecule has 0 radical (unpaired) electrons. The van der Waals surface area contributed by atoms with Gasteiger partial charge in [0.2, 0.25) is 0 Å². The smallest absolute Gasteiger partial charge is 0.119 e. The summed E-state index contributed by atoms with van der Waals surface area (Å²) in [5.41, 5.74) is 7.75. The number of nitrogens with two attached hydrogens (primary N) is 1. The Labute approximate surface area is 129 Å². The average Bonchev–Trinajstić information content (AvgIpc) is 2.45. The van der Waals surface area contributed by atoms with E-state index in [-0.39, 0.29) is 6.04 Å². The molecular weight excluding hydrogens is 260 g/mol. The van der Waals surface area contributed by atoms with E-state index in [2.05, 4.69) is 43.9 Å². The van der Waals surface area contributed by atoms with Crippen molar-refractivity contribution in [1.82, 2.24) is 4.90 Å². The first-order valence-corrected chi connectivity index (χ1v) is 8.34. The number of piperidine rings is 1. The van der Waals surface area contributed by atoms with Crippen LogP contribution in [0.1, 0.15) is 51.6 Å². The molecule has 21 heavy (non-hydrogen) atoms. The maximum atomic E-state index is 6.44. The maximum absolute atomic E-state index is 6.44. The Bertz CT molecular complexity index is 433. The fourth-order valence-electron chi connectivity index (χ4n) is 3.24. The van der Waals surface area contributed by atoms with Crippen LogP contribution in [0.5, 0.6) is 5.75 Å². The molecule has 2 atom stereocenters. The highest BCUT2D eigenvalue weighted by molar-refractivity contribution is 5.31. The quantitative estimate of drug-likeness (QED) is 0.870. The van der Waals surface area contributed by atoms with E-state index in [1.54, 1.807) is 0 Å². The molecule has 0 spiro atoms. The van der Waals surface area contributed by atoms with Gasteiger partial charge in [0.25, 0.3) is 0 Å². The third kappa shape index (κ3) is 4.45. The minimum absolute atomic E-state index is 0.221. The number of ether oxygens (including phenoxy) is 1. The summed E-state index contributed by atoms with van der Waals surface area (Å²) in [6, 6.07) is 9.06. The Hall–Kier alpha value is -1.06. The lowest BCUT2D eigenvalue weighted by Gasteiger charge is -2.41. The second-order valence-electron chi connectivity index (χ2n) is 6.56. The minimum Gasteiger partial charge on any atom is -0.494 e. The molecule has 2 unspecified atom stereocenters. The van der Waals surface area contributed by atoms with Gasteiger partial charge in [-0.15, -0.1) is 0 Å². The van der Waals surface area contributed by atoms with Gasteiger partial charge in [-0.3, -0.25) is 4.90 Å². The molecule has 1 heterocycles. The van der Waals surface area contributed by atoms with Crippen molar-refractivity contribution in [3.8, 4) is 5.75 Å². The van der Waals surface area contributed by atoms with Crippen LogP contribution in [0, 0.1) is 5.92 Å². The third-order valence-corrected chi connectivity index (χ3v) is 4.05. The number of hydrogen-bond donors (Lipinski definition) is 1. The van der Waals surface area contributed by atoms with Crippen LogP contribution in [-0.4, -0.2) is 30.6 Å². The van der Waals surface area contributed by atoms with E-state index in [9.17, 15) is 0 Å². The molecule has 0 saturated carbocycles. The highest BCUT2D eigenvalue weighted by Crippen LogP contribution is 2.32. The van der Waals surface area contributed by atoms with Gasteiger partial charge in [0.15, 0.2) is 0 Å². The zero-order valence-electron chi connectivity index (χ0n) is 13.7. The molecule has 0 aromatic heterocycles. The van der Waals surface area contributed by atoms with Crippen LogP contribution in [0.15, 0.2) is 24.3 Å². The van der Waals surface area contributed by atoms with Gasteiger partial charge in [-0.1, -0.05) is 32.9 Å². The summed E-state index contributed by atoms with van der Waals surface area (Å²) >= 11 is 0. The third-order valence-electron chi connectivity index (χ3n) is 4.05. The standard InChI is InChI=1S/C18H30N2O/c1-4-11-21-16-8-5-7-15(12-16)18-17(19)9-6-10-20(18)13-14(2)3/h5,7-8,12,14,17-18H,4,6,9-11,13,19H2,1-3H3. The van der Waals surface area contributed by atoms with Gasteiger partial charge < -0.3 is 10.5 Å². The zero-order valence-corrected chi connectivity index (χ0v) is 13.7. The van der Waals surface area contributed by atoms with Crippen LogP contribution in [0.25, 0.3) is 0 Å². The Morgan fingerprint density at radius 1 is 1.38 bits per heavy atom. The SMILES string of the molecule is CCCOc1cccc(C2C(N)CCCN2CC(C)C)c1. The predicted octanol–water partition coefficient (Wildman–Crippen LogP) is 3.60. The van der Waals surface area contributed by atoms with Crippen LogP contribution >= 0.6 is 0 Å². The minimum atomic E-state index is 0.221. The van der Waals surface area contributed by atoms with Gasteiger partial charge in [0.1, 0.15) is 5.75 Å². The summed E-state index contributed by atoms with van der Waals surface area (Å²) in [4.78, 5) is 2.55. The lowest BCUT2D eigenvalue weighted by atomic mass is 9.90. The van der Waals surface area contributed by atoms with Crippen molar-refractivity contribution >= 4 is 0 Å². The van der Waals surface area contributed by atoms with E-state index in [1.807, 2.05) is 6.07 Å². The van der Waals surface area contributed by atoms with Crippen molar-refractivity contribution in [3.05, 3.63) is 29.8 Å². The summed E-state index contributed by atoms with van der Waals surface area (Å²) in [5, 5.41) is 0. The summed E-state index contributed by atoms with van der Waals surface area (Å²) in [5.74, 6) is 1.63. The number of hydrogen-bond acceptors (Lipinski definition) is 3. The zero-order chi connectivity index (χ0) is 15.2. The number of likely N-dealkylation sites (tertiary alicyclic amines) is 1. The summed E-state index contributed by atoms with van der Waals surface area (Å²) in [6.07, 6.45) is 3.35. The number of rotatable bonds is 6. The van der Waals surface area contributed by atoms with Crippen molar-refractivity contribution in [2.45, 2.75) is 52.1 Å². The number of nitrogens with zero attached hydrogens (tertiary/aromatic N) is 1. The Kier molecular flexibility index (Phi) is 6.07. The largest absolute Gasteiger partial charge is 0.494 e. The van der Waals surface area contributed by atoms with E-state index in [0.717, 1.165) is 38.3 Å². The molecule has 1 fully saturated rings. The van der Waals surface area contributed by atoms with Gasteiger partial charge in [-0.2, -0.15) is 0 Å². The van der Waals surface area contributed by atoms with Gasteiger partial charge >= 0.3 is 0 Å². The van der Waals surface area contributed by atoms with Gasteiger partial charge in [0, 0.05) is 12.6 Å². The van der Waals surface area contributed by atoms with Gasteiger partial charge in [-0.25, -0.2) is 0 Å². The molecule has 2 N–H and O–H groups in total. The molecule has 118 valence electrons. The Morgan fingerprint density at radius 2 is 2.19 bits per heavy atom. The first kappa shape index (κ1) is 16.3. The Balaban J connectivity index is 2.18. The Morgan fingerprint density at radius 3 is 2.90 bits per heavy atom. The van der Waals surface area contributed by atoms with Crippen molar-refractivity contribution in [1.29, 1.82) is 0 Å². The summed E-state index contributed by atoms with van der Waals surface area (Å²) < 4.78 is 5.78. The fourth-order valence-corrected chi connectivity index (χ4v) is 3.24. The normalized spacial score (nSPS) is 23.5. The van der Waals surface area contributed by atoms with E-state index in [4.69, 9.17) is 10.5 Å². The lowest BCUT2D eigenvalue weighted by molar-refractivity contribution is 0.114. The summed E-state index contributed by atoms with van der Waals surface area (Å²) in [6.45, 7) is 9.71. The second kappa shape index (κ2) is 7.81. The first-order valence-electron chi connectivity index (χ1n) is 8.34. The van der Waals surface area contributed by atoms with Crippen LogP contribution in [0.3, 0.4) is 0 Å².